The molecule has 1 saturated heterocycles. The second-order valence-corrected chi connectivity index (χ2v) is 7.06. The van der Waals surface area contributed by atoms with Gasteiger partial charge in [-0.05, 0) is 43.2 Å². The molecule has 1 aromatic heterocycles. The lowest BCUT2D eigenvalue weighted by Gasteiger charge is -2.32. The number of nitrogens with one attached hydrogen (secondary N) is 2. The van der Waals surface area contributed by atoms with Gasteiger partial charge in [0.1, 0.15) is 5.82 Å². The van der Waals surface area contributed by atoms with Gasteiger partial charge in [0.2, 0.25) is 5.91 Å². The number of nitrogens with zero attached hydrogens (tertiary/aromatic N) is 3. The summed E-state index contributed by atoms with van der Waals surface area (Å²) in [6.07, 6.45) is 3.23. The molecule has 27 heavy (non-hydrogen) atoms. The smallest absolute Gasteiger partial charge is 0.253 e. The zero-order valence-corrected chi connectivity index (χ0v) is 16.0. The van der Waals surface area contributed by atoms with Gasteiger partial charge < -0.3 is 15.5 Å². The standard InChI is InChI=1S/C18H19Cl2N5O2/c19-12-3-4-14(15(20)10-12)18(27)21-11-17(26)25-8-5-13(6-9-25)23-16-2-1-7-22-24-16/h1-4,7,10,13H,5-6,8-9,11H2,(H,21,27)(H,23,24). The van der Waals surface area contributed by atoms with Crippen LogP contribution >= 0.6 is 23.2 Å². The van der Waals surface area contributed by atoms with Gasteiger partial charge in [0, 0.05) is 30.4 Å². The van der Waals surface area contributed by atoms with E-state index in [-0.39, 0.29) is 23.5 Å². The summed E-state index contributed by atoms with van der Waals surface area (Å²) in [6, 6.07) is 8.54. The van der Waals surface area contributed by atoms with E-state index in [9.17, 15) is 9.59 Å². The largest absolute Gasteiger partial charge is 0.366 e. The van der Waals surface area contributed by atoms with Crippen LogP contribution in [0.2, 0.25) is 10.0 Å². The fourth-order valence-electron chi connectivity index (χ4n) is 2.90. The highest BCUT2D eigenvalue weighted by Crippen LogP contribution is 2.21. The zero-order chi connectivity index (χ0) is 19.2. The van der Waals surface area contributed by atoms with E-state index in [0.717, 1.165) is 18.7 Å². The van der Waals surface area contributed by atoms with Crippen molar-refractivity contribution < 1.29 is 9.59 Å². The molecule has 3 rings (SSSR count). The first-order valence-electron chi connectivity index (χ1n) is 8.58. The van der Waals surface area contributed by atoms with E-state index in [1.807, 2.05) is 12.1 Å². The van der Waals surface area contributed by atoms with E-state index in [2.05, 4.69) is 20.8 Å². The number of anilines is 1. The molecule has 0 saturated carbocycles. The fraction of sp³-hybridized carbons (Fsp3) is 0.333. The van der Waals surface area contributed by atoms with Crippen LogP contribution in [0.1, 0.15) is 23.2 Å². The molecule has 0 unspecified atom stereocenters. The highest BCUT2D eigenvalue weighted by atomic mass is 35.5. The first-order chi connectivity index (χ1) is 13.0. The molecule has 0 atom stereocenters. The molecule has 1 fully saturated rings. The van der Waals surface area contributed by atoms with Crippen molar-refractivity contribution in [2.45, 2.75) is 18.9 Å². The van der Waals surface area contributed by atoms with E-state index >= 15 is 0 Å². The molecular formula is C18H19Cl2N5O2. The molecule has 1 aliphatic rings. The molecule has 2 aromatic rings. The Balaban J connectivity index is 1.45. The number of aromatic nitrogens is 2. The third kappa shape index (κ3) is 5.30. The Labute approximate surface area is 167 Å². The van der Waals surface area contributed by atoms with E-state index in [4.69, 9.17) is 23.2 Å². The van der Waals surface area contributed by atoms with Gasteiger partial charge in [-0.15, -0.1) is 5.10 Å². The van der Waals surface area contributed by atoms with Gasteiger partial charge in [0.05, 0.1) is 17.1 Å². The molecule has 142 valence electrons. The van der Waals surface area contributed by atoms with Crippen molar-refractivity contribution in [3.63, 3.8) is 0 Å². The first kappa shape index (κ1) is 19.4. The predicted molar refractivity (Wildman–Crippen MR) is 104 cm³/mol. The molecule has 1 aromatic carbocycles. The average molecular weight is 408 g/mol. The van der Waals surface area contributed by atoms with Crippen LogP contribution in [0.3, 0.4) is 0 Å². The third-order valence-electron chi connectivity index (χ3n) is 4.35. The Morgan fingerprint density at radius 2 is 1.96 bits per heavy atom. The maximum Gasteiger partial charge on any atom is 0.253 e. The summed E-state index contributed by atoms with van der Waals surface area (Å²) in [4.78, 5) is 26.3. The van der Waals surface area contributed by atoms with E-state index < -0.39 is 5.91 Å². The van der Waals surface area contributed by atoms with Crippen molar-refractivity contribution in [1.29, 1.82) is 0 Å². The Morgan fingerprint density at radius 3 is 2.63 bits per heavy atom. The first-order valence-corrected chi connectivity index (χ1v) is 9.34. The lowest BCUT2D eigenvalue weighted by Crippen LogP contribution is -2.46. The van der Waals surface area contributed by atoms with E-state index in [1.54, 1.807) is 17.2 Å². The van der Waals surface area contributed by atoms with Gasteiger partial charge in [-0.1, -0.05) is 23.2 Å². The van der Waals surface area contributed by atoms with Crippen molar-refractivity contribution in [1.82, 2.24) is 20.4 Å². The summed E-state index contributed by atoms with van der Waals surface area (Å²) in [7, 11) is 0. The molecule has 7 nitrogen and oxygen atoms in total. The summed E-state index contributed by atoms with van der Waals surface area (Å²) >= 11 is 11.8. The van der Waals surface area contributed by atoms with Gasteiger partial charge in [-0.3, -0.25) is 9.59 Å². The molecular weight excluding hydrogens is 389 g/mol. The molecule has 2 N–H and O–H groups in total. The molecule has 1 aliphatic heterocycles. The highest BCUT2D eigenvalue weighted by molar-refractivity contribution is 6.36. The van der Waals surface area contributed by atoms with Crippen molar-refractivity contribution in [3.8, 4) is 0 Å². The lowest BCUT2D eigenvalue weighted by atomic mass is 10.0. The van der Waals surface area contributed by atoms with Crippen molar-refractivity contribution in [2.24, 2.45) is 0 Å². The Hall–Kier alpha value is -2.38. The summed E-state index contributed by atoms with van der Waals surface area (Å²) < 4.78 is 0. The zero-order valence-electron chi connectivity index (χ0n) is 14.5. The molecule has 2 heterocycles. The number of halogens is 2. The Kier molecular flexibility index (Phi) is 6.47. The Morgan fingerprint density at radius 1 is 1.19 bits per heavy atom. The molecule has 0 spiro atoms. The SMILES string of the molecule is O=C(NCC(=O)N1CCC(Nc2cccnn2)CC1)c1ccc(Cl)cc1Cl. The van der Waals surface area contributed by atoms with Gasteiger partial charge in [-0.25, -0.2) is 0 Å². The summed E-state index contributed by atoms with van der Waals surface area (Å²) in [5, 5.41) is 14.5. The number of carbonyl (C=O) groups is 2. The summed E-state index contributed by atoms with van der Waals surface area (Å²) in [6.45, 7) is 1.17. The van der Waals surface area contributed by atoms with Crippen molar-refractivity contribution in [3.05, 3.63) is 52.1 Å². The van der Waals surface area contributed by atoms with Gasteiger partial charge in [-0.2, -0.15) is 5.10 Å². The molecule has 0 aliphatic carbocycles. The number of benzene rings is 1. The van der Waals surface area contributed by atoms with Crippen LogP contribution in [0.25, 0.3) is 0 Å². The summed E-state index contributed by atoms with van der Waals surface area (Å²) in [5.74, 6) is 0.213. The third-order valence-corrected chi connectivity index (χ3v) is 4.90. The second kappa shape index (κ2) is 9.01. The quantitative estimate of drug-likeness (QED) is 0.795. The van der Waals surface area contributed by atoms with Crippen LogP contribution in [-0.4, -0.2) is 52.6 Å². The fourth-order valence-corrected chi connectivity index (χ4v) is 3.39. The van der Waals surface area contributed by atoms with Crippen LogP contribution < -0.4 is 10.6 Å². The Bertz CT molecular complexity index is 811. The predicted octanol–water partition coefficient (Wildman–Crippen LogP) is 2.62. The van der Waals surface area contributed by atoms with Crippen LogP contribution in [0, 0.1) is 0 Å². The number of carbonyl (C=O) groups excluding carboxylic acids is 2. The topological polar surface area (TPSA) is 87.2 Å². The highest BCUT2D eigenvalue weighted by Gasteiger charge is 2.23. The number of hydrogen-bond donors (Lipinski definition) is 2. The van der Waals surface area contributed by atoms with E-state index in [0.29, 0.717) is 23.7 Å². The van der Waals surface area contributed by atoms with Crippen LogP contribution in [-0.2, 0) is 4.79 Å². The number of likely N-dealkylation sites (tertiary alicyclic amines) is 1. The maximum absolute atomic E-state index is 12.4. The van der Waals surface area contributed by atoms with Crippen molar-refractivity contribution >= 4 is 40.8 Å². The van der Waals surface area contributed by atoms with E-state index in [1.165, 1.54) is 12.1 Å². The molecule has 2 amide bonds. The van der Waals surface area contributed by atoms with Crippen molar-refractivity contribution in [2.75, 3.05) is 25.0 Å². The maximum atomic E-state index is 12.4. The lowest BCUT2D eigenvalue weighted by molar-refractivity contribution is -0.131. The molecule has 0 bridgehead atoms. The number of amides is 2. The minimum atomic E-state index is -0.399. The molecule has 0 radical (unpaired) electrons. The minimum absolute atomic E-state index is 0.0694. The van der Waals surface area contributed by atoms with Crippen LogP contribution in [0.5, 0.6) is 0 Å². The van der Waals surface area contributed by atoms with Gasteiger partial charge in [0.25, 0.3) is 5.91 Å². The van der Waals surface area contributed by atoms with Gasteiger partial charge >= 0.3 is 0 Å². The van der Waals surface area contributed by atoms with Crippen LogP contribution in [0.15, 0.2) is 36.5 Å². The van der Waals surface area contributed by atoms with Crippen LogP contribution in [0.4, 0.5) is 5.82 Å². The number of rotatable bonds is 5. The number of piperidine rings is 1. The molecule has 9 heteroatoms. The second-order valence-electron chi connectivity index (χ2n) is 6.22. The summed E-state index contributed by atoms with van der Waals surface area (Å²) in [5.41, 5.74) is 0.292. The average Bonchev–Trinajstić information content (AvgIpc) is 2.67. The monoisotopic (exact) mass is 407 g/mol. The minimum Gasteiger partial charge on any atom is -0.366 e. The normalized spacial score (nSPS) is 14.7. The van der Waals surface area contributed by atoms with Gasteiger partial charge in [0.15, 0.2) is 0 Å². The number of hydrogen-bond acceptors (Lipinski definition) is 5.